The lowest BCUT2D eigenvalue weighted by Crippen LogP contribution is -2.61. The average Bonchev–Trinajstić information content (AvgIpc) is 3.04. The molecule has 0 fully saturated rings. The maximum Gasteiger partial charge on any atom is 0.244 e. The van der Waals surface area contributed by atoms with E-state index in [0.717, 1.165) is 39.2 Å². The molecule has 3 aromatic rings. The molecular weight excluding hydrogens is 466 g/mol. The van der Waals surface area contributed by atoms with Gasteiger partial charge in [0.05, 0.1) is 18.2 Å². The van der Waals surface area contributed by atoms with Crippen molar-refractivity contribution in [1.29, 1.82) is 0 Å². The fraction of sp³-hybridized carbons (Fsp3) is 0.300. The Morgan fingerprint density at radius 2 is 1.78 bits per heavy atom. The number of fused-ring (bicyclic) bond motifs is 2. The minimum atomic E-state index is -0.986. The second kappa shape index (κ2) is 8.85. The number of carbonyl (C=O) groups is 1. The largest absolute Gasteiger partial charge is 0.493 e. The van der Waals surface area contributed by atoms with Crippen LogP contribution in [0.5, 0.6) is 11.5 Å². The highest BCUT2D eigenvalue weighted by atomic mass is 16.5. The fourth-order valence-corrected chi connectivity index (χ4v) is 5.80. The first-order valence-electron chi connectivity index (χ1n) is 12.4. The molecule has 0 saturated heterocycles. The van der Waals surface area contributed by atoms with Crippen LogP contribution in [0.4, 0.5) is 17.1 Å². The molecule has 0 radical (unpaired) electrons. The summed E-state index contributed by atoms with van der Waals surface area (Å²) in [6, 6.07) is 15.7. The zero-order valence-electron chi connectivity index (χ0n) is 22.1. The van der Waals surface area contributed by atoms with Crippen LogP contribution >= 0.6 is 0 Å². The van der Waals surface area contributed by atoms with Crippen molar-refractivity contribution in [3.05, 3.63) is 82.4 Å². The number of nitrogens with one attached hydrogen (secondary N) is 2. The van der Waals surface area contributed by atoms with E-state index in [1.807, 2.05) is 49.1 Å². The van der Waals surface area contributed by atoms with E-state index in [-0.39, 0.29) is 12.5 Å². The number of aryl methyl sites for hydroxylation is 3. The Bertz CT molecular complexity index is 1410. The van der Waals surface area contributed by atoms with Crippen LogP contribution in [0.15, 0.2) is 54.6 Å². The van der Waals surface area contributed by atoms with Crippen LogP contribution in [0.25, 0.3) is 6.08 Å². The summed E-state index contributed by atoms with van der Waals surface area (Å²) < 4.78 is 12.5. The molecule has 37 heavy (non-hydrogen) atoms. The van der Waals surface area contributed by atoms with Crippen molar-refractivity contribution in [2.24, 2.45) is 0 Å². The van der Waals surface area contributed by atoms with Gasteiger partial charge in [-0.3, -0.25) is 15.5 Å². The molecule has 0 saturated carbocycles. The molecule has 2 aliphatic heterocycles. The van der Waals surface area contributed by atoms with Crippen molar-refractivity contribution in [2.45, 2.75) is 45.8 Å². The van der Waals surface area contributed by atoms with E-state index in [2.05, 4.69) is 49.8 Å². The Morgan fingerprint density at radius 3 is 2.46 bits per heavy atom. The number of carbonyl (C=O) groups excluding carboxylic acids is 1. The number of hydrogen-bond donors (Lipinski definition) is 3. The van der Waals surface area contributed by atoms with Gasteiger partial charge in [-0.15, -0.1) is 0 Å². The van der Waals surface area contributed by atoms with Gasteiger partial charge in [-0.1, -0.05) is 35.9 Å². The Balaban J connectivity index is 1.57. The van der Waals surface area contributed by atoms with E-state index >= 15 is 0 Å². The number of amides is 1. The smallest absolute Gasteiger partial charge is 0.244 e. The number of rotatable bonds is 5. The first-order chi connectivity index (χ1) is 17.6. The minimum Gasteiger partial charge on any atom is -0.493 e. The third kappa shape index (κ3) is 3.81. The molecule has 2 heterocycles. The van der Waals surface area contributed by atoms with Crippen molar-refractivity contribution in [3.63, 3.8) is 0 Å². The summed E-state index contributed by atoms with van der Waals surface area (Å²) in [5.41, 5.74) is 8.05. The van der Waals surface area contributed by atoms with Gasteiger partial charge in [0.1, 0.15) is 6.54 Å². The zero-order chi connectivity index (χ0) is 26.5. The summed E-state index contributed by atoms with van der Waals surface area (Å²) in [4.78, 5) is 15.6. The number of hydrogen-bond acceptors (Lipinski definition) is 6. The fourth-order valence-electron chi connectivity index (χ4n) is 5.80. The Labute approximate surface area is 217 Å². The molecule has 1 unspecified atom stereocenters. The summed E-state index contributed by atoms with van der Waals surface area (Å²) >= 11 is 0. The third-order valence-corrected chi connectivity index (χ3v) is 7.59. The number of ether oxygens (including phenoxy) is 2. The van der Waals surface area contributed by atoms with E-state index in [1.165, 1.54) is 0 Å². The Hall–Kier alpha value is -3.97. The second-order valence-corrected chi connectivity index (χ2v) is 10.4. The number of methoxy groups -OCH3 is 1. The number of benzene rings is 3. The van der Waals surface area contributed by atoms with E-state index < -0.39 is 11.1 Å². The van der Waals surface area contributed by atoms with E-state index in [0.29, 0.717) is 17.2 Å². The molecule has 7 heteroatoms. The first kappa shape index (κ1) is 24.7. The molecule has 1 amide bonds. The molecule has 0 aliphatic carbocycles. The van der Waals surface area contributed by atoms with Crippen molar-refractivity contribution >= 4 is 29.0 Å². The summed E-state index contributed by atoms with van der Waals surface area (Å²) in [7, 11) is 1.57. The summed E-state index contributed by atoms with van der Waals surface area (Å²) in [6.45, 7) is 10.4. The molecular formula is C30H33N3O4. The minimum absolute atomic E-state index is 0.0888. The molecule has 3 aromatic carbocycles. The maximum absolute atomic E-state index is 13.6. The number of anilines is 3. The normalized spacial score (nSPS) is 18.7. The predicted molar refractivity (Wildman–Crippen MR) is 147 cm³/mol. The van der Waals surface area contributed by atoms with Crippen LogP contribution in [0.1, 0.15) is 41.7 Å². The monoisotopic (exact) mass is 499 g/mol. The Morgan fingerprint density at radius 1 is 1.08 bits per heavy atom. The van der Waals surface area contributed by atoms with Gasteiger partial charge in [-0.25, -0.2) is 0 Å². The molecule has 7 nitrogen and oxygen atoms in total. The average molecular weight is 500 g/mol. The third-order valence-electron chi connectivity index (χ3n) is 7.59. The van der Waals surface area contributed by atoms with Gasteiger partial charge >= 0.3 is 0 Å². The lowest BCUT2D eigenvalue weighted by Gasteiger charge is -2.47. The molecule has 1 atom stereocenters. The number of para-hydroxylation sites is 1. The van der Waals surface area contributed by atoms with Gasteiger partial charge in [0.15, 0.2) is 11.5 Å². The van der Waals surface area contributed by atoms with E-state index in [1.54, 1.807) is 19.2 Å². The SMILES string of the molecule is COc1cc(NO)cc2c1OC1(C=C2)N(CC(=O)Nc2c(C)cc(C)cc2C)c2ccccc2C1(C)C. The molecule has 0 aromatic heterocycles. The molecule has 2 aliphatic rings. The molecule has 0 bridgehead atoms. The standard InChI is InChI=1S/C30H33N3O4/c1-18-13-19(2)27(20(3)14-18)31-26(34)17-33-24-10-8-7-9-23(24)29(4,5)30(33)12-11-21-15-22(32-35)16-25(36-6)28(21)37-30/h7-16,32,35H,17H2,1-6H3,(H,31,34). The molecule has 5 rings (SSSR count). The van der Waals surface area contributed by atoms with Crippen LogP contribution in [0.3, 0.4) is 0 Å². The Kier molecular flexibility index (Phi) is 5.91. The van der Waals surface area contributed by atoms with Crippen molar-refractivity contribution in [3.8, 4) is 11.5 Å². The van der Waals surface area contributed by atoms with Gasteiger partial charge in [-0.2, -0.15) is 0 Å². The first-order valence-corrected chi connectivity index (χ1v) is 12.4. The summed E-state index contributed by atoms with van der Waals surface area (Å²) in [5, 5.41) is 12.6. The van der Waals surface area contributed by atoms with Gasteiger partial charge in [-0.05, 0) is 75.6 Å². The maximum atomic E-state index is 13.6. The highest BCUT2D eigenvalue weighted by Gasteiger charge is 2.59. The lowest BCUT2D eigenvalue weighted by molar-refractivity contribution is -0.115. The van der Waals surface area contributed by atoms with Gasteiger partial charge < -0.3 is 19.7 Å². The van der Waals surface area contributed by atoms with Crippen LogP contribution < -0.4 is 25.2 Å². The van der Waals surface area contributed by atoms with Crippen LogP contribution in [0.2, 0.25) is 0 Å². The van der Waals surface area contributed by atoms with Crippen molar-refractivity contribution in [1.82, 2.24) is 0 Å². The van der Waals surface area contributed by atoms with Crippen LogP contribution in [0, 0.1) is 20.8 Å². The number of nitrogens with zero attached hydrogens (tertiary/aromatic N) is 1. The summed E-state index contributed by atoms with van der Waals surface area (Å²) in [6.07, 6.45) is 3.97. The van der Waals surface area contributed by atoms with Gasteiger partial charge in [0, 0.05) is 23.0 Å². The van der Waals surface area contributed by atoms with Crippen LogP contribution in [-0.4, -0.2) is 30.5 Å². The van der Waals surface area contributed by atoms with Crippen LogP contribution in [-0.2, 0) is 10.2 Å². The quantitative estimate of drug-likeness (QED) is 0.376. The second-order valence-electron chi connectivity index (χ2n) is 10.4. The lowest BCUT2D eigenvalue weighted by atomic mass is 9.76. The van der Waals surface area contributed by atoms with Gasteiger partial charge in [0.2, 0.25) is 11.6 Å². The van der Waals surface area contributed by atoms with E-state index in [9.17, 15) is 10.0 Å². The van der Waals surface area contributed by atoms with E-state index in [4.69, 9.17) is 9.47 Å². The van der Waals surface area contributed by atoms with Crippen molar-refractivity contribution < 1.29 is 19.5 Å². The highest BCUT2D eigenvalue weighted by molar-refractivity contribution is 5.96. The van der Waals surface area contributed by atoms with Gasteiger partial charge in [0.25, 0.3) is 0 Å². The topological polar surface area (TPSA) is 83.1 Å². The molecule has 1 spiro atoms. The van der Waals surface area contributed by atoms with Crippen molar-refractivity contribution in [2.75, 3.05) is 29.4 Å². The highest BCUT2D eigenvalue weighted by Crippen LogP contribution is 2.56. The molecule has 3 N–H and O–H groups in total. The summed E-state index contributed by atoms with van der Waals surface area (Å²) in [5.74, 6) is 0.914. The predicted octanol–water partition coefficient (Wildman–Crippen LogP) is 5.96. The molecule has 192 valence electrons. The zero-order valence-corrected chi connectivity index (χ0v) is 22.1.